The van der Waals surface area contributed by atoms with Gasteiger partial charge in [-0.2, -0.15) is 5.26 Å². The Morgan fingerprint density at radius 2 is 2.20 bits per heavy atom. The molecule has 1 aromatic carbocycles. The third kappa shape index (κ3) is 2.35. The van der Waals surface area contributed by atoms with Crippen LogP contribution in [0, 0.1) is 11.3 Å². The van der Waals surface area contributed by atoms with E-state index in [1.807, 2.05) is 19.1 Å². The molecule has 0 bridgehead atoms. The number of nitriles is 1. The monoisotopic (exact) mass is 203 g/mol. The van der Waals surface area contributed by atoms with Gasteiger partial charge in [-0.1, -0.05) is 13.0 Å². The van der Waals surface area contributed by atoms with Crippen molar-refractivity contribution in [2.24, 2.45) is 0 Å². The second-order valence-electron chi connectivity index (χ2n) is 3.40. The largest absolute Gasteiger partial charge is 0.495 e. The van der Waals surface area contributed by atoms with E-state index in [4.69, 9.17) is 10.00 Å². The third-order valence-electron chi connectivity index (χ3n) is 2.45. The highest BCUT2D eigenvalue weighted by atomic mass is 16.5. The number of methoxy groups -OCH3 is 1. The second kappa shape index (κ2) is 4.61. The van der Waals surface area contributed by atoms with Crippen LogP contribution in [-0.4, -0.2) is 12.9 Å². The number of ether oxygens (including phenoxy) is 1. The van der Waals surface area contributed by atoms with Gasteiger partial charge in [-0.3, -0.25) is 4.79 Å². The van der Waals surface area contributed by atoms with Crippen molar-refractivity contribution in [2.75, 3.05) is 7.11 Å². The number of rotatable bonds is 3. The second-order valence-corrected chi connectivity index (χ2v) is 3.40. The Hall–Kier alpha value is -1.82. The fraction of sp³-hybridized carbons (Fsp3) is 0.333. The van der Waals surface area contributed by atoms with E-state index in [9.17, 15) is 4.79 Å². The first-order valence-electron chi connectivity index (χ1n) is 4.68. The first-order chi connectivity index (χ1) is 7.10. The summed E-state index contributed by atoms with van der Waals surface area (Å²) in [5, 5.41) is 8.88. The summed E-state index contributed by atoms with van der Waals surface area (Å²) in [6, 6.07) is 7.27. The molecular weight excluding hydrogens is 190 g/mol. The molecule has 0 aliphatic carbocycles. The lowest BCUT2D eigenvalue weighted by Gasteiger charge is -2.10. The van der Waals surface area contributed by atoms with Crippen LogP contribution >= 0.6 is 0 Å². The van der Waals surface area contributed by atoms with Gasteiger partial charge in [0.1, 0.15) is 17.6 Å². The van der Waals surface area contributed by atoms with Gasteiger partial charge in [0.2, 0.25) is 0 Å². The molecule has 1 aromatic rings. The van der Waals surface area contributed by atoms with Gasteiger partial charge in [0, 0.05) is 5.92 Å². The Kier molecular flexibility index (Phi) is 3.46. The van der Waals surface area contributed by atoms with Gasteiger partial charge >= 0.3 is 0 Å². The molecule has 3 nitrogen and oxygen atoms in total. The lowest BCUT2D eigenvalue weighted by molar-refractivity contribution is -0.118. The molecular formula is C12H13NO2. The Labute approximate surface area is 89.3 Å². The van der Waals surface area contributed by atoms with E-state index < -0.39 is 0 Å². The number of nitrogens with zero attached hydrogens (tertiary/aromatic N) is 1. The van der Waals surface area contributed by atoms with Crippen molar-refractivity contribution in [3.05, 3.63) is 29.3 Å². The minimum absolute atomic E-state index is 0.0871. The molecule has 0 aromatic heterocycles. The van der Waals surface area contributed by atoms with Gasteiger partial charge in [-0.05, 0) is 24.6 Å². The smallest absolute Gasteiger partial charge is 0.136 e. The van der Waals surface area contributed by atoms with Gasteiger partial charge in [-0.25, -0.2) is 0 Å². The highest BCUT2D eigenvalue weighted by Crippen LogP contribution is 2.23. The molecule has 0 aliphatic rings. The molecule has 0 spiro atoms. The molecule has 0 fully saturated rings. The summed E-state index contributed by atoms with van der Waals surface area (Å²) >= 11 is 0. The lowest BCUT2D eigenvalue weighted by Crippen LogP contribution is -2.04. The van der Waals surface area contributed by atoms with Crippen LogP contribution in [0.1, 0.15) is 30.9 Å². The Morgan fingerprint density at radius 3 is 2.67 bits per heavy atom. The van der Waals surface area contributed by atoms with E-state index >= 15 is 0 Å². The predicted molar refractivity (Wildman–Crippen MR) is 56.8 cm³/mol. The number of ketones is 1. The first-order valence-corrected chi connectivity index (χ1v) is 4.68. The molecule has 1 atom stereocenters. The fourth-order valence-corrected chi connectivity index (χ4v) is 1.32. The van der Waals surface area contributed by atoms with E-state index in [1.54, 1.807) is 19.1 Å². The SMILES string of the molecule is COc1ccc(C(C)C(C)=O)cc1C#N. The van der Waals surface area contributed by atoms with Crippen LogP contribution < -0.4 is 4.74 Å². The van der Waals surface area contributed by atoms with Gasteiger partial charge < -0.3 is 4.74 Å². The molecule has 1 unspecified atom stereocenters. The van der Waals surface area contributed by atoms with E-state index in [0.29, 0.717) is 11.3 Å². The van der Waals surface area contributed by atoms with Crippen molar-refractivity contribution in [3.63, 3.8) is 0 Å². The van der Waals surface area contributed by atoms with Crippen LogP contribution in [0.5, 0.6) is 5.75 Å². The number of hydrogen-bond acceptors (Lipinski definition) is 3. The average Bonchev–Trinajstić information content (AvgIpc) is 2.26. The molecule has 1 rings (SSSR count). The number of carbonyl (C=O) groups is 1. The van der Waals surface area contributed by atoms with Gasteiger partial charge in [-0.15, -0.1) is 0 Å². The molecule has 0 radical (unpaired) electrons. The zero-order valence-electron chi connectivity index (χ0n) is 9.07. The maximum Gasteiger partial charge on any atom is 0.136 e. The Bertz CT molecular complexity index is 418. The zero-order valence-corrected chi connectivity index (χ0v) is 9.07. The van der Waals surface area contributed by atoms with E-state index in [-0.39, 0.29) is 11.7 Å². The molecule has 0 aliphatic heterocycles. The van der Waals surface area contributed by atoms with Crippen molar-refractivity contribution in [3.8, 4) is 11.8 Å². The van der Waals surface area contributed by atoms with Crippen LogP contribution in [0.25, 0.3) is 0 Å². The molecule has 0 saturated heterocycles. The standard InChI is InChI=1S/C12H13NO2/c1-8(9(2)14)10-4-5-12(15-3)11(6-10)7-13/h4-6,8H,1-3H3. The summed E-state index contributed by atoms with van der Waals surface area (Å²) in [6.07, 6.45) is 0. The van der Waals surface area contributed by atoms with Gasteiger partial charge in [0.15, 0.2) is 0 Å². The van der Waals surface area contributed by atoms with Gasteiger partial charge in [0.25, 0.3) is 0 Å². The van der Waals surface area contributed by atoms with Crippen molar-refractivity contribution in [1.82, 2.24) is 0 Å². The number of carbonyl (C=O) groups excluding carboxylic acids is 1. The molecule has 78 valence electrons. The highest BCUT2D eigenvalue weighted by molar-refractivity contribution is 5.83. The number of Topliss-reactive ketones (excluding diaryl/α,β-unsaturated/α-hetero) is 1. The van der Waals surface area contributed by atoms with E-state index in [1.165, 1.54) is 7.11 Å². The quantitative estimate of drug-likeness (QED) is 0.757. The fourth-order valence-electron chi connectivity index (χ4n) is 1.32. The summed E-state index contributed by atoms with van der Waals surface area (Å²) in [6.45, 7) is 3.37. The van der Waals surface area contributed by atoms with Crippen molar-refractivity contribution in [1.29, 1.82) is 5.26 Å². The first kappa shape index (κ1) is 11.3. The maximum absolute atomic E-state index is 11.2. The summed E-state index contributed by atoms with van der Waals surface area (Å²) in [5.74, 6) is 0.448. The lowest BCUT2D eigenvalue weighted by atomic mass is 9.96. The highest BCUT2D eigenvalue weighted by Gasteiger charge is 2.12. The molecule has 15 heavy (non-hydrogen) atoms. The van der Waals surface area contributed by atoms with Crippen LogP contribution in [0.2, 0.25) is 0 Å². The Morgan fingerprint density at radius 1 is 1.53 bits per heavy atom. The minimum atomic E-state index is -0.178. The summed E-state index contributed by atoms with van der Waals surface area (Å²) < 4.78 is 5.02. The molecule has 0 amide bonds. The zero-order chi connectivity index (χ0) is 11.4. The normalized spacial score (nSPS) is 11.6. The van der Waals surface area contributed by atoms with E-state index in [2.05, 4.69) is 0 Å². The van der Waals surface area contributed by atoms with Crippen molar-refractivity contribution in [2.45, 2.75) is 19.8 Å². The third-order valence-corrected chi connectivity index (χ3v) is 2.45. The summed E-state index contributed by atoms with van der Waals surface area (Å²) in [4.78, 5) is 11.2. The van der Waals surface area contributed by atoms with Crippen LogP contribution in [0.4, 0.5) is 0 Å². The molecule has 0 saturated carbocycles. The van der Waals surface area contributed by atoms with E-state index in [0.717, 1.165) is 5.56 Å². The van der Waals surface area contributed by atoms with Crippen LogP contribution in [0.15, 0.2) is 18.2 Å². The molecule has 0 N–H and O–H groups in total. The average molecular weight is 203 g/mol. The summed E-state index contributed by atoms with van der Waals surface area (Å²) in [5.41, 5.74) is 1.31. The van der Waals surface area contributed by atoms with Crippen molar-refractivity contribution >= 4 is 5.78 Å². The maximum atomic E-state index is 11.2. The van der Waals surface area contributed by atoms with Crippen molar-refractivity contribution < 1.29 is 9.53 Å². The summed E-state index contributed by atoms with van der Waals surface area (Å²) in [7, 11) is 1.52. The number of hydrogen-bond donors (Lipinski definition) is 0. The predicted octanol–water partition coefficient (Wildman–Crippen LogP) is 2.26. The topological polar surface area (TPSA) is 50.1 Å². The number of benzene rings is 1. The van der Waals surface area contributed by atoms with Gasteiger partial charge in [0.05, 0.1) is 12.7 Å². The van der Waals surface area contributed by atoms with Crippen LogP contribution in [0.3, 0.4) is 0 Å². The molecule has 3 heteroatoms. The Balaban J connectivity index is 3.15. The van der Waals surface area contributed by atoms with Crippen LogP contribution in [-0.2, 0) is 4.79 Å². The minimum Gasteiger partial charge on any atom is -0.495 e. The molecule has 0 heterocycles.